The van der Waals surface area contributed by atoms with E-state index in [0.29, 0.717) is 12.6 Å². The van der Waals surface area contributed by atoms with E-state index in [0.717, 1.165) is 18.7 Å². The van der Waals surface area contributed by atoms with Crippen LogP contribution in [0.2, 0.25) is 0 Å². The molecule has 1 aliphatic carbocycles. The molecular formula is C16H25NO2. The topological polar surface area (TPSA) is 41.5 Å². The van der Waals surface area contributed by atoms with Gasteiger partial charge in [0.2, 0.25) is 0 Å². The first-order valence-electron chi connectivity index (χ1n) is 7.34. The van der Waals surface area contributed by atoms with Gasteiger partial charge in [0.15, 0.2) is 0 Å². The molecule has 2 N–H and O–H groups in total. The van der Waals surface area contributed by atoms with Crippen molar-refractivity contribution in [2.75, 3.05) is 19.8 Å². The summed E-state index contributed by atoms with van der Waals surface area (Å²) in [5.74, 6) is 1.11. The first-order valence-corrected chi connectivity index (χ1v) is 7.34. The Labute approximate surface area is 116 Å². The van der Waals surface area contributed by atoms with Gasteiger partial charge in [-0.15, -0.1) is 0 Å². The van der Waals surface area contributed by atoms with E-state index in [1.807, 2.05) is 6.92 Å². The van der Waals surface area contributed by atoms with Gasteiger partial charge in [0.05, 0.1) is 6.61 Å². The molecule has 2 atom stereocenters. The van der Waals surface area contributed by atoms with Crippen LogP contribution in [0.3, 0.4) is 0 Å². The largest absolute Gasteiger partial charge is 0.493 e. The van der Waals surface area contributed by atoms with E-state index in [9.17, 15) is 0 Å². The Hall–Kier alpha value is -1.06. The molecule has 3 nitrogen and oxygen atoms in total. The average Bonchev–Trinajstić information content (AvgIpc) is 2.45. The molecule has 0 radical (unpaired) electrons. The van der Waals surface area contributed by atoms with Gasteiger partial charge in [-0.05, 0) is 49.1 Å². The molecule has 0 bridgehead atoms. The number of fused-ring (bicyclic) bond motifs is 1. The number of ether oxygens (including phenoxy) is 1. The summed E-state index contributed by atoms with van der Waals surface area (Å²) in [6, 6.07) is 6.92. The fourth-order valence-electron chi connectivity index (χ4n) is 2.63. The summed E-state index contributed by atoms with van der Waals surface area (Å²) >= 11 is 0. The maximum Gasteiger partial charge on any atom is 0.119 e. The molecule has 19 heavy (non-hydrogen) atoms. The second-order valence-electron chi connectivity index (χ2n) is 5.46. The maximum absolute atomic E-state index is 9.01. The monoisotopic (exact) mass is 263 g/mol. The third-order valence-corrected chi connectivity index (χ3v) is 3.73. The van der Waals surface area contributed by atoms with Crippen LogP contribution < -0.4 is 10.1 Å². The number of benzene rings is 1. The summed E-state index contributed by atoms with van der Waals surface area (Å²) in [5, 5.41) is 12.6. The predicted molar refractivity (Wildman–Crippen MR) is 77.5 cm³/mol. The fraction of sp³-hybridized carbons (Fsp3) is 0.625. The number of hydrogen-bond donors (Lipinski definition) is 2. The van der Waals surface area contributed by atoms with Gasteiger partial charge in [-0.2, -0.15) is 0 Å². The number of aliphatic hydroxyl groups is 1. The zero-order chi connectivity index (χ0) is 13.7. The van der Waals surface area contributed by atoms with Crippen molar-refractivity contribution in [2.45, 2.75) is 39.2 Å². The maximum atomic E-state index is 9.01. The molecule has 0 saturated carbocycles. The zero-order valence-electron chi connectivity index (χ0n) is 12.0. The molecule has 0 saturated heterocycles. The highest BCUT2D eigenvalue weighted by Crippen LogP contribution is 2.32. The molecule has 0 aliphatic heterocycles. The van der Waals surface area contributed by atoms with Gasteiger partial charge in [-0.25, -0.2) is 0 Å². The van der Waals surface area contributed by atoms with Gasteiger partial charge in [0.1, 0.15) is 5.75 Å². The highest BCUT2D eigenvalue weighted by molar-refractivity contribution is 5.39. The highest BCUT2D eigenvalue weighted by atomic mass is 16.5. The van der Waals surface area contributed by atoms with Crippen LogP contribution in [0.15, 0.2) is 18.2 Å². The molecule has 1 aromatic rings. The second-order valence-corrected chi connectivity index (χ2v) is 5.46. The normalized spacial score (nSPS) is 19.8. The number of aryl methyl sites for hydroxylation is 1. The number of nitrogens with one attached hydrogen (secondary N) is 1. The molecular weight excluding hydrogens is 238 g/mol. The lowest BCUT2D eigenvalue weighted by atomic mass is 9.87. The molecule has 106 valence electrons. The van der Waals surface area contributed by atoms with Crippen LogP contribution in [-0.2, 0) is 6.42 Å². The summed E-state index contributed by atoms with van der Waals surface area (Å²) in [5.41, 5.74) is 2.84. The predicted octanol–water partition coefficient (Wildman–Crippen LogP) is 2.68. The molecule has 0 heterocycles. The SMILES string of the molecule is CCNC1CCCc2cc(OCC(C)CO)ccc21. The van der Waals surface area contributed by atoms with E-state index in [-0.39, 0.29) is 12.5 Å². The Balaban J connectivity index is 2.06. The summed E-state index contributed by atoms with van der Waals surface area (Å²) in [6.07, 6.45) is 3.60. The van der Waals surface area contributed by atoms with Crippen LogP contribution in [0.25, 0.3) is 0 Å². The van der Waals surface area contributed by atoms with E-state index in [1.54, 1.807) is 0 Å². The van der Waals surface area contributed by atoms with Crippen LogP contribution in [0.5, 0.6) is 5.75 Å². The van der Waals surface area contributed by atoms with Crippen LogP contribution in [-0.4, -0.2) is 24.9 Å². The molecule has 0 spiro atoms. The van der Waals surface area contributed by atoms with Crippen molar-refractivity contribution in [3.63, 3.8) is 0 Å². The van der Waals surface area contributed by atoms with Crippen molar-refractivity contribution < 1.29 is 9.84 Å². The lowest BCUT2D eigenvalue weighted by molar-refractivity contribution is 0.174. The van der Waals surface area contributed by atoms with Gasteiger partial charge >= 0.3 is 0 Å². The lowest BCUT2D eigenvalue weighted by Crippen LogP contribution is -2.24. The summed E-state index contributed by atoms with van der Waals surface area (Å²) in [7, 11) is 0. The van der Waals surface area contributed by atoms with Gasteiger partial charge in [0.25, 0.3) is 0 Å². The Bertz CT molecular complexity index is 406. The van der Waals surface area contributed by atoms with Crippen molar-refractivity contribution in [2.24, 2.45) is 5.92 Å². The number of hydrogen-bond acceptors (Lipinski definition) is 3. The smallest absolute Gasteiger partial charge is 0.119 e. The Morgan fingerprint density at radius 1 is 1.47 bits per heavy atom. The van der Waals surface area contributed by atoms with Crippen molar-refractivity contribution >= 4 is 0 Å². The lowest BCUT2D eigenvalue weighted by Gasteiger charge is -2.26. The minimum absolute atomic E-state index is 0.174. The van der Waals surface area contributed by atoms with Gasteiger partial charge in [-0.3, -0.25) is 0 Å². The summed E-state index contributed by atoms with van der Waals surface area (Å²) in [4.78, 5) is 0. The first-order chi connectivity index (χ1) is 9.24. The molecule has 1 aliphatic rings. The van der Waals surface area contributed by atoms with Gasteiger partial charge in [0, 0.05) is 18.6 Å². The van der Waals surface area contributed by atoms with Crippen molar-refractivity contribution in [3.8, 4) is 5.75 Å². The second kappa shape index (κ2) is 6.92. The highest BCUT2D eigenvalue weighted by Gasteiger charge is 2.19. The molecule has 0 amide bonds. The van der Waals surface area contributed by atoms with Crippen LogP contribution >= 0.6 is 0 Å². The van der Waals surface area contributed by atoms with Gasteiger partial charge in [-0.1, -0.05) is 19.9 Å². The minimum atomic E-state index is 0.174. The van der Waals surface area contributed by atoms with Gasteiger partial charge < -0.3 is 15.2 Å². The van der Waals surface area contributed by atoms with E-state index < -0.39 is 0 Å². The molecule has 3 heteroatoms. The van der Waals surface area contributed by atoms with E-state index in [2.05, 4.69) is 30.4 Å². The third-order valence-electron chi connectivity index (χ3n) is 3.73. The quantitative estimate of drug-likeness (QED) is 0.829. The Kier molecular flexibility index (Phi) is 5.23. The summed E-state index contributed by atoms with van der Waals surface area (Å²) < 4.78 is 5.74. The van der Waals surface area contributed by atoms with Crippen molar-refractivity contribution in [3.05, 3.63) is 29.3 Å². The molecule has 1 aromatic carbocycles. The third kappa shape index (κ3) is 3.71. The molecule has 0 fully saturated rings. The first kappa shape index (κ1) is 14.4. The van der Waals surface area contributed by atoms with E-state index >= 15 is 0 Å². The van der Waals surface area contributed by atoms with Crippen LogP contribution in [0.4, 0.5) is 0 Å². The number of aliphatic hydroxyl groups excluding tert-OH is 1. The van der Waals surface area contributed by atoms with Crippen molar-refractivity contribution in [1.29, 1.82) is 0 Å². The summed E-state index contributed by atoms with van der Waals surface area (Å²) in [6.45, 7) is 5.90. The van der Waals surface area contributed by atoms with Crippen molar-refractivity contribution in [1.82, 2.24) is 5.32 Å². The fourth-order valence-corrected chi connectivity index (χ4v) is 2.63. The molecule has 0 aromatic heterocycles. The average molecular weight is 263 g/mol. The minimum Gasteiger partial charge on any atom is -0.493 e. The molecule has 2 unspecified atom stereocenters. The Morgan fingerprint density at radius 3 is 3.05 bits per heavy atom. The standard InChI is InChI=1S/C16H25NO2/c1-3-17-16-6-4-5-13-9-14(7-8-15(13)16)19-11-12(2)10-18/h7-9,12,16-18H,3-6,10-11H2,1-2H3. The van der Waals surface area contributed by atoms with Crippen LogP contribution in [0.1, 0.15) is 43.9 Å². The molecule has 2 rings (SSSR count). The number of rotatable bonds is 6. The van der Waals surface area contributed by atoms with E-state index in [1.165, 1.54) is 24.0 Å². The van der Waals surface area contributed by atoms with Crippen LogP contribution in [0, 0.1) is 5.92 Å². The Morgan fingerprint density at radius 2 is 2.32 bits per heavy atom. The van der Waals surface area contributed by atoms with E-state index in [4.69, 9.17) is 9.84 Å². The zero-order valence-corrected chi connectivity index (χ0v) is 12.0.